The molecule has 1 aliphatic rings. The summed E-state index contributed by atoms with van der Waals surface area (Å²) in [6.45, 7) is -0.106. The Labute approximate surface area is 161 Å². The molecule has 150 valence electrons. The Morgan fingerprint density at radius 3 is 2.57 bits per heavy atom. The van der Waals surface area contributed by atoms with Crippen LogP contribution < -0.4 is 15.8 Å². The Morgan fingerprint density at radius 2 is 1.86 bits per heavy atom. The van der Waals surface area contributed by atoms with Gasteiger partial charge in [-0.15, -0.1) is 0 Å². The molecule has 1 unspecified atom stereocenters. The second kappa shape index (κ2) is 8.52. The van der Waals surface area contributed by atoms with Gasteiger partial charge in [0.2, 0.25) is 0 Å². The van der Waals surface area contributed by atoms with Gasteiger partial charge in [0.05, 0.1) is 12.1 Å². The van der Waals surface area contributed by atoms with E-state index >= 15 is 0 Å². The summed E-state index contributed by atoms with van der Waals surface area (Å²) in [6, 6.07) is 10.3. The molecule has 3 rings (SSSR count). The molecule has 0 bridgehead atoms. The highest BCUT2D eigenvalue weighted by Gasteiger charge is 2.30. The predicted molar refractivity (Wildman–Crippen MR) is 102 cm³/mol. The van der Waals surface area contributed by atoms with E-state index in [0.717, 1.165) is 37.1 Å². The van der Waals surface area contributed by atoms with Crippen LogP contribution in [0.3, 0.4) is 0 Å². The zero-order valence-electron chi connectivity index (χ0n) is 15.2. The van der Waals surface area contributed by atoms with Crippen molar-refractivity contribution in [2.45, 2.75) is 31.5 Å². The maximum absolute atomic E-state index is 12.5. The lowest BCUT2D eigenvalue weighted by Gasteiger charge is -2.12. The van der Waals surface area contributed by atoms with Crippen molar-refractivity contribution in [3.63, 3.8) is 0 Å². The third-order valence-corrected chi connectivity index (χ3v) is 4.47. The van der Waals surface area contributed by atoms with Gasteiger partial charge in [0.25, 0.3) is 0 Å². The zero-order chi connectivity index (χ0) is 20.1. The van der Waals surface area contributed by atoms with Gasteiger partial charge in [0.15, 0.2) is 5.96 Å². The Balaban J connectivity index is 1.46. The molecule has 0 aliphatic heterocycles. The molecule has 0 aromatic heterocycles. The molecule has 0 spiro atoms. The zero-order valence-corrected chi connectivity index (χ0v) is 15.2. The molecule has 4 N–H and O–H groups in total. The van der Waals surface area contributed by atoms with E-state index in [9.17, 15) is 18.3 Å². The molecule has 0 heterocycles. The van der Waals surface area contributed by atoms with E-state index in [-0.39, 0.29) is 24.9 Å². The molecule has 1 aliphatic carbocycles. The largest absolute Gasteiger partial charge is 0.491 e. The minimum Gasteiger partial charge on any atom is -0.491 e. The van der Waals surface area contributed by atoms with Crippen LogP contribution in [0.4, 0.5) is 18.9 Å². The first-order chi connectivity index (χ1) is 13.3. The molecular formula is C20H22F3N3O2. The van der Waals surface area contributed by atoms with E-state index in [1.807, 2.05) is 6.07 Å². The first kappa shape index (κ1) is 20.0. The van der Waals surface area contributed by atoms with Gasteiger partial charge in [-0.3, -0.25) is 4.99 Å². The molecule has 8 heteroatoms. The second-order valence-electron chi connectivity index (χ2n) is 6.67. The maximum atomic E-state index is 12.5. The van der Waals surface area contributed by atoms with Gasteiger partial charge >= 0.3 is 6.18 Å². The van der Waals surface area contributed by atoms with Crippen molar-refractivity contribution >= 4 is 11.6 Å². The fourth-order valence-corrected chi connectivity index (χ4v) is 3.03. The van der Waals surface area contributed by atoms with Crippen molar-refractivity contribution in [2.75, 3.05) is 18.5 Å². The number of ether oxygens (including phenoxy) is 1. The molecule has 0 saturated heterocycles. The van der Waals surface area contributed by atoms with E-state index in [4.69, 9.17) is 10.5 Å². The highest BCUT2D eigenvalue weighted by Crippen LogP contribution is 2.30. The van der Waals surface area contributed by atoms with Gasteiger partial charge in [0.1, 0.15) is 18.5 Å². The summed E-state index contributed by atoms with van der Waals surface area (Å²) < 4.78 is 42.8. The Morgan fingerprint density at radius 1 is 1.14 bits per heavy atom. The number of nitrogens with two attached hydrogens (primary N) is 1. The molecule has 2 aromatic rings. The summed E-state index contributed by atoms with van der Waals surface area (Å²) in [5, 5.41) is 12.9. The number of nitrogens with zero attached hydrogens (tertiary/aromatic N) is 1. The Hall–Kier alpha value is -2.74. The average Bonchev–Trinajstić information content (AvgIpc) is 3.12. The minimum absolute atomic E-state index is 0.00437. The van der Waals surface area contributed by atoms with Crippen LogP contribution in [0.1, 0.15) is 23.1 Å². The second-order valence-corrected chi connectivity index (χ2v) is 6.67. The van der Waals surface area contributed by atoms with E-state index in [1.165, 1.54) is 23.3 Å². The molecule has 2 aromatic carbocycles. The number of benzene rings is 2. The Kier molecular flexibility index (Phi) is 6.08. The minimum atomic E-state index is -4.39. The van der Waals surface area contributed by atoms with Gasteiger partial charge in [-0.1, -0.05) is 6.07 Å². The van der Waals surface area contributed by atoms with E-state index < -0.39 is 17.8 Å². The number of hydrogen-bond donors (Lipinski definition) is 3. The molecule has 0 saturated carbocycles. The first-order valence-corrected chi connectivity index (χ1v) is 8.98. The van der Waals surface area contributed by atoms with Crippen LogP contribution in [-0.4, -0.2) is 30.3 Å². The third kappa shape index (κ3) is 5.39. The number of aliphatic imine (C=N–C) groups is 1. The van der Waals surface area contributed by atoms with Gasteiger partial charge < -0.3 is 20.9 Å². The smallest absolute Gasteiger partial charge is 0.416 e. The SMILES string of the molecule is NC(=NCC(O)COc1ccc(C(F)(F)F)cc1)Nc1ccc2c(c1)CCC2. The lowest BCUT2D eigenvalue weighted by atomic mass is 10.1. The summed E-state index contributed by atoms with van der Waals surface area (Å²) >= 11 is 0. The maximum Gasteiger partial charge on any atom is 0.416 e. The summed E-state index contributed by atoms with van der Waals surface area (Å²) in [5.74, 6) is 0.409. The number of guanidine groups is 1. The molecular weight excluding hydrogens is 371 g/mol. The number of aryl methyl sites for hydroxylation is 2. The third-order valence-electron chi connectivity index (χ3n) is 4.47. The quantitative estimate of drug-likeness (QED) is 0.519. The van der Waals surface area contributed by atoms with Crippen LogP contribution >= 0.6 is 0 Å². The van der Waals surface area contributed by atoms with Crippen molar-refractivity contribution in [2.24, 2.45) is 10.7 Å². The van der Waals surface area contributed by atoms with Gasteiger partial charge in [-0.05, 0) is 66.8 Å². The Bertz CT molecular complexity index is 836. The van der Waals surface area contributed by atoms with Crippen molar-refractivity contribution in [1.82, 2.24) is 0 Å². The fourth-order valence-electron chi connectivity index (χ4n) is 3.03. The standard InChI is InChI=1S/C20H22F3N3O2/c21-20(22,23)15-5-8-18(9-6-15)28-12-17(27)11-25-19(24)26-16-7-4-13-2-1-3-14(13)10-16/h4-10,17,27H,1-3,11-12H2,(H3,24,25,26). The summed E-state index contributed by atoms with van der Waals surface area (Å²) in [4.78, 5) is 4.08. The van der Waals surface area contributed by atoms with Crippen LogP contribution in [0.25, 0.3) is 0 Å². The van der Waals surface area contributed by atoms with Gasteiger partial charge in [-0.25, -0.2) is 0 Å². The monoisotopic (exact) mass is 393 g/mol. The lowest BCUT2D eigenvalue weighted by Crippen LogP contribution is -2.27. The summed E-state index contributed by atoms with van der Waals surface area (Å²) in [5.41, 5.74) is 8.60. The fraction of sp³-hybridized carbons (Fsp3) is 0.350. The predicted octanol–water partition coefficient (Wildman–Crippen LogP) is 3.36. The average molecular weight is 393 g/mol. The normalized spacial score (nSPS) is 15.2. The first-order valence-electron chi connectivity index (χ1n) is 8.98. The van der Waals surface area contributed by atoms with E-state index in [2.05, 4.69) is 22.4 Å². The summed E-state index contributed by atoms with van der Waals surface area (Å²) in [7, 11) is 0. The van der Waals surface area contributed by atoms with Gasteiger partial charge in [-0.2, -0.15) is 13.2 Å². The highest BCUT2D eigenvalue weighted by atomic mass is 19.4. The van der Waals surface area contributed by atoms with Crippen molar-refractivity contribution in [1.29, 1.82) is 0 Å². The number of aliphatic hydroxyl groups excluding tert-OH is 1. The van der Waals surface area contributed by atoms with Gasteiger partial charge in [0, 0.05) is 5.69 Å². The molecule has 1 atom stereocenters. The van der Waals surface area contributed by atoms with Crippen molar-refractivity contribution < 1.29 is 23.0 Å². The van der Waals surface area contributed by atoms with E-state index in [1.54, 1.807) is 0 Å². The van der Waals surface area contributed by atoms with Crippen molar-refractivity contribution in [3.8, 4) is 5.75 Å². The van der Waals surface area contributed by atoms with Crippen LogP contribution in [0.2, 0.25) is 0 Å². The molecule has 0 amide bonds. The number of nitrogens with one attached hydrogen (secondary N) is 1. The molecule has 28 heavy (non-hydrogen) atoms. The number of fused-ring (bicyclic) bond motifs is 1. The molecule has 5 nitrogen and oxygen atoms in total. The number of anilines is 1. The molecule has 0 radical (unpaired) electrons. The lowest BCUT2D eigenvalue weighted by molar-refractivity contribution is -0.137. The van der Waals surface area contributed by atoms with Crippen LogP contribution in [0.5, 0.6) is 5.75 Å². The van der Waals surface area contributed by atoms with Crippen molar-refractivity contribution in [3.05, 3.63) is 59.2 Å². The number of halogens is 3. The topological polar surface area (TPSA) is 79.9 Å². The van der Waals surface area contributed by atoms with Crippen LogP contribution in [0.15, 0.2) is 47.5 Å². The highest BCUT2D eigenvalue weighted by molar-refractivity contribution is 5.92. The number of alkyl halides is 3. The van der Waals surface area contributed by atoms with Crippen LogP contribution in [-0.2, 0) is 19.0 Å². The number of rotatable bonds is 6. The van der Waals surface area contributed by atoms with Crippen LogP contribution in [0, 0.1) is 0 Å². The number of aliphatic hydroxyl groups is 1. The number of hydrogen-bond acceptors (Lipinski definition) is 3. The summed E-state index contributed by atoms with van der Waals surface area (Å²) in [6.07, 6.45) is -2.02. The van der Waals surface area contributed by atoms with E-state index in [0.29, 0.717) is 0 Å². The molecule has 0 fully saturated rings.